The van der Waals surface area contributed by atoms with E-state index in [1.807, 2.05) is 49.4 Å². The molecular formula is C20H23NO4. The maximum atomic E-state index is 11.6. The van der Waals surface area contributed by atoms with Gasteiger partial charge in [-0.15, -0.1) is 0 Å². The molecule has 0 radical (unpaired) electrons. The molecule has 0 bridgehead atoms. The minimum atomic E-state index is -0.194. The van der Waals surface area contributed by atoms with Gasteiger partial charge in [0.25, 0.3) is 0 Å². The van der Waals surface area contributed by atoms with E-state index in [1.54, 1.807) is 0 Å². The Morgan fingerprint density at radius 1 is 1.08 bits per heavy atom. The van der Waals surface area contributed by atoms with E-state index in [2.05, 4.69) is 5.32 Å². The van der Waals surface area contributed by atoms with E-state index < -0.39 is 0 Å². The summed E-state index contributed by atoms with van der Waals surface area (Å²) in [5.74, 6) is 1.44. The lowest BCUT2D eigenvalue weighted by Crippen LogP contribution is -2.19. The summed E-state index contributed by atoms with van der Waals surface area (Å²) in [5, 5.41) is 3.42. The Morgan fingerprint density at radius 2 is 1.88 bits per heavy atom. The van der Waals surface area contributed by atoms with Gasteiger partial charge in [-0.3, -0.25) is 4.79 Å². The summed E-state index contributed by atoms with van der Waals surface area (Å²) in [7, 11) is 0. The van der Waals surface area contributed by atoms with Crippen molar-refractivity contribution >= 4 is 5.97 Å². The first kappa shape index (κ1) is 17.3. The van der Waals surface area contributed by atoms with E-state index in [9.17, 15) is 4.79 Å². The van der Waals surface area contributed by atoms with Crippen LogP contribution in [0.15, 0.2) is 42.5 Å². The Kier molecular flexibility index (Phi) is 5.90. The molecule has 1 heterocycles. The lowest BCUT2D eigenvalue weighted by Gasteiger charge is -2.21. The summed E-state index contributed by atoms with van der Waals surface area (Å²) in [6.07, 6.45) is 0.305. The molecule has 0 unspecified atom stereocenters. The first-order chi connectivity index (χ1) is 12.3. The number of rotatable bonds is 7. The molecule has 0 aromatic heterocycles. The molecule has 3 rings (SSSR count). The fourth-order valence-electron chi connectivity index (χ4n) is 2.84. The van der Waals surface area contributed by atoms with Crippen molar-refractivity contribution in [2.75, 3.05) is 19.8 Å². The zero-order valence-corrected chi connectivity index (χ0v) is 14.4. The number of carbonyl (C=O) groups excluding carboxylic acids is 1. The Balaban J connectivity index is 1.57. The van der Waals surface area contributed by atoms with Crippen molar-refractivity contribution in [1.82, 2.24) is 5.32 Å². The van der Waals surface area contributed by atoms with E-state index in [1.165, 1.54) is 0 Å². The molecule has 2 aromatic carbocycles. The number of ether oxygens (including phenoxy) is 3. The quantitative estimate of drug-likeness (QED) is 0.785. The third-order valence-corrected chi connectivity index (χ3v) is 3.94. The number of nitrogens with one attached hydrogen (secondary N) is 1. The molecule has 1 N–H and O–H groups in total. The highest BCUT2D eigenvalue weighted by atomic mass is 16.6. The maximum absolute atomic E-state index is 11.6. The van der Waals surface area contributed by atoms with Crippen LogP contribution >= 0.6 is 0 Å². The summed E-state index contributed by atoms with van der Waals surface area (Å²) in [4.78, 5) is 11.6. The van der Waals surface area contributed by atoms with E-state index >= 15 is 0 Å². The van der Waals surface area contributed by atoms with Crippen LogP contribution in [0.25, 0.3) is 0 Å². The van der Waals surface area contributed by atoms with Gasteiger partial charge >= 0.3 is 5.97 Å². The predicted octanol–water partition coefficient (Wildman–Crippen LogP) is 2.85. The number of benzene rings is 2. The number of esters is 1. The first-order valence-corrected chi connectivity index (χ1v) is 8.58. The molecule has 0 amide bonds. The molecule has 0 saturated carbocycles. The van der Waals surface area contributed by atoms with Gasteiger partial charge in [0.15, 0.2) is 11.5 Å². The lowest BCUT2D eigenvalue weighted by atomic mass is 10.1. The van der Waals surface area contributed by atoms with Crippen LogP contribution < -0.4 is 14.8 Å². The molecule has 0 saturated heterocycles. The van der Waals surface area contributed by atoms with Crippen molar-refractivity contribution in [3.05, 3.63) is 59.2 Å². The van der Waals surface area contributed by atoms with Crippen LogP contribution in [-0.4, -0.2) is 25.8 Å². The van der Waals surface area contributed by atoms with Crippen molar-refractivity contribution in [2.45, 2.75) is 26.4 Å². The first-order valence-electron chi connectivity index (χ1n) is 8.58. The van der Waals surface area contributed by atoms with Crippen LogP contribution in [0.2, 0.25) is 0 Å². The highest BCUT2D eigenvalue weighted by molar-refractivity contribution is 5.72. The average Bonchev–Trinajstić information content (AvgIpc) is 2.62. The minimum Gasteiger partial charge on any atom is -0.486 e. The van der Waals surface area contributed by atoms with E-state index in [-0.39, 0.29) is 5.97 Å². The molecule has 0 aliphatic carbocycles. The monoisotopic (exact) mass is 341 g/mol. The van der Waals surface area contributed by atoms with Gasteiger partial charge < -0.3 is 19.5 Å². The highest BCUT2D eigenvalue weighted by Gasteiger charge is 2.15. The van der Waals surface area contributed by atoms with Crippen molar-refractivity contribution in [2.24, 2.45) is 0 Å². The summed E-state index contributed by atoms with van der Waals surface area (Å²) >= 11 is 0. The highest BCUT2D eigenvalue weighted by Crippen LogP contribution is 2.33. The topological polar surface area (TPSA) is 56.8 Å². The molecule has 25 heavy (non-hydrogen) atoms. The van der Waals surface area contributed by atoms with Gasteiger partial charge in [-0.1, -0.05) is 36.4 Å². The zero-order valence-electron chi connectivity index (χ0n) is 14.4. The zero-order chi connectivity index (χ0) is 17.5. The number of hydrogen-bond acceptors (Lipinski definition) is 5. The van der Waals surface area contributed by atoms with Gasteiger partial charge in [0.1, 0.15) is 13.2 Å². The normalized spacial score (nSPS) is 12.7. The van der Waals surface area contributed by atoms with E-state index in [0.717, 1.165) is 28.2 Å². The van der Waals surface area contributed by atoms with Gasteiger partial charge in [0, 0.05) is 18.7 Å². The fourth-order valence-corrected chi connectivity index (χ4v) is 2.84. The van der Waals surface area contributed by atoms with Crippen molar-refractivity contribution in [1.29, 1.82) is 0 Å². The number of hydrogen-bond donors (Lipinski definition) is 1. The van der Waals surface area contributed by atoms with Crippen LogP contribution in [-0.2, 0) is 29.0 Å². The molecule has 0 atom stereocenters. The average molecular weight is 341 g/mol. The second kappa shape index (κ2) is 8.53. The Labute approximate surface area is 147 Å². The third-order valence-electron chi connectivity index (χ3n) is 3.94. The summed E-state index contributed by atoms with van der Waals surface area (Å²) in [6, 6.07) is 13.9. The van der Waals surface area contributed by atoms with Crippen LogP contribution in [0.4, 0.5) is 0 Å². The second-order valence-electron chi connectivity index (χ2n) is 5.85. The number of carbonyl (C=O) groups is 1. The molecule has 1 aliphatic rings. The standard InChI is InChI=1S/C20H23NO4/c1-2-23-19(22)12-15-5-3-6-16(11-15)13-21-14-17-7-4-8-18-20(17)25-10-9-24-18/h3-8,11,21H,2,9-10,12-14H2,1H3. The fraction of sp³-hybridized carbons (Fsp3) is 0.350. The van der Waals surface area contributed by atoms with Gasteiger partial charge in [0.05, 0.1) is 13.0 Å². The molecule has 5 nitrogen and oxygen atoms in total. The summed E-state index contributed by atoms with van der Waals surface area (Å²) < 4.78 is 16.3. The van der Waals surface area contributed by atoms with Crippen molar-refractivity contribution in [3.8, 4) is 11.5 Å². The molecule has 0 fully saturated rings. The smallest absolute Gasteiger partial charge is 0.310 e. The molecule has 2 aromatic rings. The number of fused-ring (bicyclic) bond motifs is 1. The number of para-hydroxylation sites is 1. The van der Waals surface area contributed by atoms with Gasteiger partial charge in [-0.05, 0) is 24.1 Å². The lowest BCUT2D eigenvalue weighted by molar-refractivity contribution is -0.142. The maximum Gasteiger partial charge on any atom is 0.310 e. The molecular weight excluding hydrogens is 318 g/mol. The molecule has 132 valence electrons. The predicted molar refractivity (Wildman–Crippen MR) is 94.8 cm³/mol. The second-order valence-corrected chi connectivity index (χ2v) is 5.85. The largest absolute Gasteiger partial charge is 0.486 e. The third kappa shape index (κ3) is 4.73. The van der Waals surface area contributed by atoms with Gasteiger partial charge in [-0.25, -0.2) is 0 Å². The Bertz CT molecular complexity index is 729. The molecule has 0 spiro atoms. The van der Waals surface area contributed by atoms with Crippen LogP contribution in [0.3, 0.4) is 0 Å². The summed E-state index contributed by atoms with van der Waals surface area (Å²) in [5.41, 5.74) is 3.18. The summed E-state index contributed by atoms with van der Waals surface area (Å²) in [6.45, 7) is 4.80. The van der Waals surface area contributed by atoms with E-state index in [4.69, 9.17) is 14.2 Å². The van der Waals surface area contributed by atoms with Crippen LogP contribution in [0, 0.1) is 0 Å². The molecule has 1 aliphatic heterocycles. The van der Waals surface area contributed by atoms with Gasteiger partial charge in [0.2, 0.25) is 0 Å². The molecule has 5 heteroatoms. The van der Waals surface area contributed by atoms with Gasteiger partial charge in [-0.2, -0.15) is 0 Å². The minimum absolute atomic E-state index is 0.194. The van der Waals surface area contributed by atoms with Crippen LogP contribution in [0.5, 0.6) is 11.5 Å². The van der Waals surface area contributed by atoms with Crippen molar-refractivity contribution < 1.29 is 19.0 Å². The van der Waals surface area contributed by atoms with Crippen LogP contribution in [0.1, 0.15) is 23.6 Å². The SMILES string of the molecule is CCOC(=O)Cc1cccc(CNCc2cccc3c2OCCO3)c1. The Hall–Kier alpha value is -2.53. The van der Waals surface area contributed by atoms with E-state index in [0.29, 0.717) is 39.3 Å². The van der Waals surface area contributed by atoms with Crippen molar-refractivity contribution in [3.63, 3.8) is 0 Å². The Morgan fingerprint density at radius 3 is 2.76 bits per heavy atom.